The number of hydrogen-bond acceptors (Lipinski definition) is 3. The van der Waals surface area contributed by atoms with Crippen molar-refractivity contribution in [1.82, 2.24) is 4.90 Å². The molecule has 3 nitrogen and oxygen atoms in total. The van der Waals surface area contributed by atoms with Gasteiger partial charge in [-0.25, -0.2) is 0 Å². The maximum absolute atomic E-state index is 5.78. The van der Waals surface area contributed by atoms with E-state index in [0.717, 1.165) is 18.8 Å². The van der Waals surface area contributed by atoms with Gasteiger partial charge in [-0.15, -0.1) is 0 Å². The van der Waals surface area contributed by atoms with E-state index in [-0.39, 0.29) is 5.41 Å². The van der Waals surface area contributed by atoms with Gasteiger partial charge in [0, 0.05) is 6.54 Å². The highest BCUT2D eigenvalue weighted by atomic mass is 16.3. The largest absolute Gasteiger partial charge is 0.468 e. The zero-order valence-electron chi connectivity index (χ0n) is 10.9. The summed E-state index contributed by atoms with van der Waals surface area (Å²) < 4.78 is 5.45. The molecule has 0 fully saturated rings. The van der Waals surface area contributed by atoms with Crippen molar-refractivity contribution in [1.29, 1.82) is 0 Å². The smallest absolute Gasteiger partial charge is 0.120 e. The summed E-state index contributed by atoms with van der Waals surface area (Å²) in [5.74, 6) is 1.02. The lowest BCUT2D eigenvalue weighted by Crippen LogP contribution is -2.39. The van der Waals surface area contributed by atoms with Gasteiger partial charge in [-0.05, 0) is 37.6 Å². The van der Waals surface area contributed by atoms with Crippen molar-refractivity contribution >= 4 is 0 Å². The van der Waals surface area contributed by atoms with E-state index in [2.05, 4.69) is 32.6 Å². The van der Waals surface area contributed by atoms with Gasteiger partial charge in [0.05, 0.1) is 12.3 Å². The highest BCUT2D eigenvalue weighted by Crippen LogP contribution is 2.24. The number of furan rings is 1. The van der Waals surface area contributed by atoms with Crippen LogP contribution in [-0.2, 0) is 0 Å². The van der Waals surface area contributed by atoms with Crippen molar-refractivity contribution < 1.29 is 4.42 Å². The summed E-state index contributed by atoms with van der Waals surface area (Å²) in [4.78, 5) is 2.39. The van der Waals surface area contributed by atoms with E-state index in [1.807, 2.05) is 12.1 Å². The SMILES string of the molecule is CCN(CC(C)(C)CN)C(C)c1ccco1. The van der Waals surface area contributed by atoms with Gasteiger partial charge in [-0.2, -0.15) is 0 Å². The fraction of sp³-hybridized carbons (Fsp3) is 0.692. The lowest BCUT2D eigenvalue weighted by molar-refractivity contribution is 0.134. The van der Waals surface area contributed by atoms with Crippen LogP contribution in [0, 0.1) is 5.41 Å². The van der Waals surface area contributed by atoms with Crippen LogP contribution in [0.5, 0.6) is 0 Å². The van der Waals surface area contributed by atoms with Crippen LogP contribution in [0.15, 0.2) is 22.8 Å². The first-order valence-electron chi connectivity index (χ1n) is 5.97. The summed E-state index contributed by atoms with van der Waals surface area (Å²) in [6.07, 6.45) is 1.73. The summed E-state index contributed by atoms with van der Waals surface area (Å²) >= 11 is 0. The van der Waals surface area contributed by atoms with Crippen molar-refractivity contribution in [3.8, 4) is 0 Å². The Hall–Kier alpha value is -0.800. The maximum atomic E-state index is 5.78. The molecule has 92 valence electrons. The van der Waals surface area contributed by atoms with Crippen LogP contribution < -0.4 is 5.73 Å². The second kappa shape index (κ2) is 5.51. The lowest BCUT2D eigenvalue weighted by atomic mass is 9.92. The molecule has 1 heterocycles. The molecule has 1 aromatic heterocycles. The molecule has 1 aromatic rings. The topological polar surface area (TPSA) is 42.4 Å². The molecule has 1 rings (SSSR count). The van der Waals surface area contributed by atoms with E-state index in [0.29, 0.717) is 12.6 Å². The second-order valence-electron chi connectivity index (χ2n) is 5.12. The van der Waals surface area contributed by atoms with Crippen LogP contribution in [-0.4, -0.2) is 24.5 Å². The van der Waals surface area contributed by atoms with Crippen LogP contribution in [0.25, 0.3) is 0 Å². The summed E-state index contributed by atoms with van der Waals surface area (Å²) in [6, 6.07) is 4.28. The summed E-state index contributed by atoms with van der Waals surface area (Å²) in [7, 11) is 0. The van der Waals surface area contributed by atoms with Gasteiger partial charge in [0.2, 0.25) is 0 Å². The van der Waals surface area contributed by atoms with Crippen LogP contribution in [0.3, 0.4) is 0 Å². The van der Waals surface area contributed by atoms with Crippen LogP contribution in [0.2, 0.25) is 0 Å². The summed E-state index contributed by atoms with van der Waals surface area (Å²) in [5.41, 5.74) is 5.93. The van der Waals surface area contributed by atoms with E-state index >= 15 is 0 Å². The van der Waals surface area contributed by atoms with E-state index in [1.54, 1.807) is 6.26 Å². The normalized spacial score (nSPS) is 14.4. The van der Waals surface area contributed by atoms with Gasteiger partial charge in [0.25, 0.3) is 0 Å². The Balaban J connectivity index is 2.68. The fourth-order valence-corrected chi connectivity index (χ4v) is 1.85. The third kappa shape index (κ3) is 3.35. The van der Waals surface area contributed by atoms with Gasteiger partial charge in [0.15, 0.2) is 0 Å². The molecule has 0 aliphatic carbocycles. The molecule has 0 saturated carbocycles. The molecule has 0 saturated heterocycles. The second-order valence-corrected chi connectivity index (χ2v) is 5.12. The molecule has 0 spiro atoms. The molecule has 2 N–H and O–H groups in total. The van der Waals surface area contributed by atoms with E-state index in [1.165, 1.54) is 0 Å². The molecule has 16 heavy (non-hydrogen) atoms. The van der Waals surface area contributed by atoms with Crippen LogP contribution >= 0.6 is 0 Å². The molecule has 0 radical (unpaired) electrons. The number of hydrogen-bond donors (Lipinski definition) is 1. The Morgan fingerprint density at radius 1 is 1.50 bits per heavy atom. The van der Waals surface area contributed by atoms with Gasteiger partial charge in [-0.1, -0.05) is 20.8 Å². The summed E-state index contributed by atoms with van der Waals surface area (Å²) in [5, 5.41) is 0. The van der Waals surface area contributed by atoms with Crippen molar-refractivity contribution in [3.05, 3.63) is 24.2 Å². The number of nitrogens with two attached hydrogens (primary N) is 1. The van der Waals surface area contributed by atoms with Crippen molar-refractivity contribution in [2.45, 2.75) is 33.7 Å². The van der Waals surface area contributed by atoms with E-state index < -0.39 is 0 Å². The average Bonchev–Trinajstić information content (AvgIpc) is 2.78. The molecule has 3 heteroatoms. The Morgan fingerprint density at radius 3 is 2.62 bits per heavy atom. The third-order valence-electron chi connectivity index (χ3n) is 3.09. The maximum Gasteiger partial charge on any atom is 0.120 e. The third-order valence-corrected chi connectivity index (χ3v) is 3.09. The molecule has 0 aromatic carbocycles. The molecule has 1 atom stereocenters. The Bertz CT molecular complexity index is 293. The molecule has 1 unspecified atom stereocenters. The number of rotatable bonds is 6. The Morgan fingerprint density at radius 2 is 2.19 bits per heavy atom. The molecular formula is C13H24N2O. The highest BCUT2D eigenvalue weighted by molar-refractivity contribution is 5.03. The highest BCUT2D eigenvalue weighted by Gasteiger charge is 2.24. The van der Waals surface area contributed by atoms with Gasteiger partial charge < -0.3 is 10.2 Å². The first kappa shape index (κ1) is 13.3. The monoisotopic (exact) mass is 224 g/mol. The predicted molar refractivity (Wildman–Crippen MR) is 67.2 cm³/mol. The molecular weight excluding hydrogens is 200 g/mol. The minimum absolute atomic E-state index is 0.150. The predicted octanol–water partition coefficient (Wildman–Crippen LogP) is 2.65. The zero-order valence-corrected chi connectivity index (χ0v) is 10.9. The van der Waals surface area contributed by atoms with Crippen molar-refractivity contribution in [3.63, 3.8) is 0 Å². The van der Waals surface area contributed by atoms with Crippen molar-refractivity contribution in [2.75, 3.05) is 19.6 Å². The van der Waals surface area contributed by atoms with Crippen molar-refractivity contribution in [2.24, 2.45) is 11.1 Å². The molecule has 0 aliphatic heterocycles. The first-order valence-corrected chi connectivity index (χ1v) is 5.97. The molecule has 0 amide bonds. The number of nitrogens with zero attached hydrogens (tertiary/aromatic N) is 1. The van der Waals surface area contributed by atoms with Crippen LogP contribution in [0.4, 0.5) is 0 Å². The van der Waals surface area contributed by atoms with E-state index in [9.17, 15) is 0 Å². The van der Waals surface area contributed by atoms with Gasteiger partial charge in [-0.3, -0.25) is 4.90 Å². The Labute approximate surface area is 98.6 Å². The zero-order chi connectivity index (χ0) is 12.2. The molecule has 0 aliphatic rings. The first-order chi connectivity index (χ1) is 7.50. The standard InChI is InChI=1S/C13H24N2O/c1-5-15(10-13(3,4)9-14)11(2)12-7-6-8-16-12/h6-8,11H,5,9-10,14H2,1-4H3. The minimum Gasteiger partial charge on any atom is -0.468 e. The van der Waals surface area contributed by atoms with Gasteiger partial charge >= 0.3 is 0 Å². The Kier molecular flexibility index (Phi) is 4.56. The fourth-order valence-electron chi connectivity index (χ4n) is 1.85. The van der Waals surface area contributed by atoms with Crippen LogP contribution in [0.1, 0.15) is 39.5 Å². The lowest BCUT2D eigenvalue weighted by Gasteiger charge is -2.34. The molecule has 0 bridgehead atoms. The minimum atomic E-state index is 0.150. The van der Waals surface area contributed by atoms with Gasteiger partial charge in [0.1, 0.15) is 5.76 Å². The summed E-state index contributed by atoms with van der Waals surface area (Å²) in [6.45, 7) is 11.4. The van der Waals surface area contributed by atoms with E-state index in [4.69, 9.17) is 10.2 Å². The quantitative estimate of drug-likeness (QED) is 0.807. The average molecular weight is 224 g/mol.